The smallest absolute Gasteiger partial charge is 0.245 e. The third kappa shape index (κ3) is 4.94. The van der Waals surface area contributed by atoms with Crippen LogP contribution in [0.3, 0.4) is 0 Å². The highest BCUT2D eigenvalue weighted by Gasteiger charge is 2.54. The predicted molar refractivity (Wildman–Crippen MR) is 184 cm³/mol. The minimum atomic E-state index is -0.722. The van der Waals surface area contributed by atoms with Crippen LogP contribution in [0.2, 0.25) is 5.02 Å². The molecule has 2 aliphatic heterocycles. The molecule has 3 fully saturated rings. The highest BCUT2D eigenvalue weighted by Crippen LogP contribution is 2.55. The van der Waals surface area contributed by atoms with Gasteiger partial charge in [0.1, 0.15) is 11.9 Å². The Bertz CT molecular complexity index is 1980. The van der Waals surface area contributed by atoms with Crippen molar-refractivity contribution in [3.05, 3.63) is 65.6 Å². The zero-order chi connectivity index (χ0) is 31.0. The zero-order valence-electron chi connectivity index (χ0n) is 26.1. The van der Waals surface area contributed by atoms with Crippen molar-refractivity contribution in [3.8, 4) is 22.4 Å². The molecule has 8 rings (SSSR count). The lowest BCUT2D eigenvalue weighted by Crippen LogP contribution is -2.63. The topological polar surface area (TPSA) is 87.9 Å². The molecule has 1 N–H and O–H groups in total. The van der Waals surface area contributed by atoms with Crippen molar-refractivity contribution < 1.29 is 9.18 Å². The van der Waals surface area contributed by atoms with Crippen molar-refractivity contribution in [1.82, 2.24) is 39.6 Å². The zero-order valence-corrected chi connectivity index (χ0v) is 27.8. The molecule has 0 unspecified atom stereocenters. The second kappa shape index (κ2) is 11.5. The standard InChI is InChI=1S/C34H36ClFN8O.H2S/c1-4-29(45)42-18-34(19-42)13-25(14-34)44-21(3)30(31-26-16-37-39-27(26)11-20(2)32(31)35)33(40-44)22-5-6-28-23(12-22)15-38-43(28)10-9-41-8-7-24(36)17-41;/h4-6,11-12,15-16,24-25H,1,7-10,13-14,17-19H2,2-3H3,(H,37,39);1H2/t24-;/m0./s1. The van der Waals surface area contributed by atoms with Crippen LogP contribution in [-0.2, 0) is 11.3 Å². The Hall–Kier alpha value is -3.67. The van der Waals surface area contributed by atoms with E-state index in [4.69, 9.17) is 16.7 Å². The highest BCUT2D eigenvalue weighted by molar-refractivity contribution is 7.59. The van der Waals surface area contributed by atoms with Gasteiger partial charge < -0.3 is 4.90 Å². The van der Waals surface area contributed by atoms with E-state index in [0.29, 0.717) is 24.5 Å². The quantitative estimate of drug-likeness (QED) is 0.210. The summed E-state index contributed by atoms with van der Waals surface area (Å²) < 4.78 is 17.9. The number of halogens is 2. The molecule has 2 aromatic carbocycles. The van der Waals surface area contributed by atoms with E-state index in [9.17, 15) is 9.18 Å². The Morgan fingerprint density at radius 3 is 2.72 bits per heavy atom. The molecule has 0 bridgehead atoms. The Kier molecular flexibility index (Phi) is 7.76. The molecule has 1 spiro atoms. The van der Waals surface area contributed by atoms with Crippen LogP contribution < -0.4 is 0 Å². The Morgan fingerprint density at radius 1 is 1.17 bits per heavy atom. The first-order chi connectivity index (χ1) is 21.7. The van der Waals surface area contributed by atoms with Crippen LogP contribution in [0.5, 0.6) is 0 Å². The normalized spacial score (nSPS) is 19.5. The minimum Gasteiger partial charge on any atom is -0.338 e. The van der Waals surface area contributed by atoms with E-state index in [1.165, 1.54) is 6.08 Å². The van der Waals surface area contributed by atoms with Crippen molar-refractivity contribution in [1.29, 1.82) is 0 Å². The van der Waals surface area contributed by atoms with Gasteiger partial charge in [-0.1, -0.05) is 24.2 Å². The summed E-state index contributed by atoms with van der Waals surface area (Å²) in [6.45, 7) is 12.1. The van der Waals surface area contributed by atoms with Crippen molar-refractivity contribution in [2.24, 2.45) is 5.41 Å². The molecular formula is C34H38ClFN8OS. The maximum atomic E-state index is 13.7. The number of aromatic nitrogens is 6. The summed E-state index contributed by atoms with van der Waals surface area (Å²) in [6, 6.07) is 8.66. The van der Waals surface area contributed by atoms with Crippen LogP contribution in [-0.4, -0.2) is 84.4 Å². The molecular weight excluding hydrogens is 623 g/mol. The fourth-order valence-electron chi connectivity index (χ4n) is 7.88. The lowest BCUT2D eigenvalue weighted by molar-refractivity contribution is -0.149. The molecule has 2 saturated heterocycles. The molecule has 1 atom stereocenters. The number of amides is 1. The largest absolute Gasteiger partial charge is 0.338 e. The van der Waals surface area contributed by atoms with E-state index < -0.39 is 6.17 Å². The molecule has 3 aliphatic rings. The number of hydrogen-bond donors (Lipinski definition) is 1. The van der Waals surface area contributed by atoms with E-state index >= 15 is 0 Å². The van der Waals surface area contributed by atoms with Crippen LogP contribution in [0.1, 0.15) is 36.6 Å². The summed E-state index contributed by atoms with van der Waals surface area (Å²) in [5, 5.41) is 20.1. The summed E-state index contributed by atoms with van der Waals surface area (Å²) >= 11 is 7.10. The Balaban J connectivity index is 0.00000338. The molecule has 12 heteroatoms. The fraction of sp³-hybridized carbons (Fsp3) is 0.412. The van der Waals surface area contributed by atoms with E-state index in [1.807, 2.05) is 35.0 Å². The number of nitrogens with one attached hydrogen (secondary N) is 1. The number of nitrogens with zero attached hydrogens (tertiary/aromatic N) is 7. The Labute approximate surface area is 278 Å². The van der Waals surface area contributed by atoms with Gasteiger partial charge in [0.05, 0.1) is 41.0 Å². The summed E-state index contributed by atoms with van der Waals surface area (Å²) in [6.07, 6.45) is 6.99. The van der Waals surface area contributed by atoms with Crippen molar-refractivity contribution in [2.45, 2.75) is 51.9 Å². The van der Waals surface area contributed by atoms with E-state index in [2.05, 4.69) is 56.6 Å². The third-order valence-corrected chi connectivity index (χ3v) is 10.7. The lowest BCUT2D eigenvalue weighted by Gasteiger charge is -2.58. The monoisotopic (exact) mass is 660 g/mol. The van der Waals surface area contributed by atoms with Gasteiger partial charge in [-0.3, -0.25) is 24.2 Å². The maximum absolute atomic E-state index is 13.7. The van der Waals surface area contributed by atoms with Crippen molar-refractivity contribution in [3.63, 3.8) is 0 Å². The first kappa shape index (κ1) is 31.0. The van der Waals surface area contributed by atoms with Gasteiger partial charge in [-0.2, -0.15) is 28.8 Å². The second-order valence-corrected chi connectivity index (χ2v) is 13.6. The van der Waals surface area contributed by atoms with Gasteiger partial charge in [-0.05, 0) is 62.9 Å². The van der Waals surface area contributed by atoms with Crippen LogP contribution in [0.15, 0.2) is 49.3 Å². The third-order valence-electron chi connectivity index (χ3n) is 10.2. The first-order valence-electron chi connectivity index (χ1n) is 15.7. The number of H-pyrrole nitrogens is 1. The van der Waals surface area contributed by atoms with Gasteiger partial charge in [0, 0.05) is 71.3 Å². The van der Waals surface area contributed by atoms with Crippen LogP contribution in [0, 0.1) is 19.3 Å². The number of aromatic amines is 1. The summed E-state index contributed by atoms with van der Waals surface area (Å²) in [7, 11) is 0. The molecule has 1 saturated carbocycles. The highest BCUT2D eigenvalue weighted by atomic mass is 35.5. The molecule has 1 aliphatic carbocycles. The molecule has 3 aromatic heterocycles. The number of alkyl halides is 1. The minimum absolute atomic E-state index is 0. The van der Waals surface area contributed by atoms with Crippen LogP contribution >= 0.6 is 25.1 Å². The van der Waals surface area contributed by atoms with Crippen molar-refractivity contribution >= 4 is 52.8 Å². The first-order valence-corrected chi connectivity index (χ1v) is 16.1. The van der Waals surface area contributed by atoms with E-state index in [0.717, 1.165) is 94.5 Å². The maximum Gasteiger partial charge on any atom is 0.245 e. The number of carbonyl (C=O) groups excluding carboxylic acids is 1. The molecule has 1 amide bonds. The molecule has 0 radical (unpaired) electrons. The average Bonchev–Trinajstić information content (AvgIpc) is 3.78. The average molecular weight is 661 g/mol. The number of rotatable bonds is 7. The lowest BCUT2D eigenvalue weighted by atomic mass is 9.60. The molecule has 46 heavy (non-hydrogen) atoms. The van der Waals surface area contributed by atoms with Gasteiger partial charge in [-0.15, -0.1) is 0 Å². The van der Waals surface area contributed by atoms with Gasteiger partial charge in [-0.25, -0.2) is 4.39 Å². The predicted octanol–water partition coefficient (Wildman–Crippen LogP) is 6.22. The number of benzene rings is 2. The van der Waals surface area contributed by atoms with Crippen molar-refractivity contribution in [2.75, 3.05) is 32.7 Å². The Morgan fingerprint density at radius 2 is 1.98 bits per heavy atom. The molecule has 240 valence electrons. The number of carbonyl (C=O) groups is 1. The number of aryl methyl sites for hydroxylation is 1. The van der Waals surface area contributed by atoms with Crippen LogP contribution in [0.25, 0.3) is 44.2 Å². The van der Waals surface area contributed by atoms with Gasteiger partial charge in [0.2, 0.25) is 5.91 Å². The van der Waals surface area contributed by atoms with Gasteiger partial charge >= 0.3 is 0 Å². The fourth-order valence-corrected chi connectivity index (χ4v) is 8.13. The number of hydrogen-bond acceptors (Lipinski definition) is 5. The summed E-state index contributed by atoms with van der Waals surface area (Å²) in [5.41, 5.74) is 7.99. The second-order valence-electron chi connectivity index (χ2n) is 13.3. The van der Waals surface area contributed by atoms with Gasteiger partial charge in [0.25, 0.3) is 0 Å². The van der Waals surface area contributed by atoms with Crippen LogP contribution in [0.4, 0.5) is 4.39 Å². The van der Waals surface area contributed by atoms with Gasteiger partial charge in [0.15, 0.2) is 0 Å². The molecule has 5 heterocycles. The summed E-state index contributed by atoms with van der Waals surface area (Å²) in [4.78, 5) is 16.1. The van der Waals surface area contributed by atoms with E-state index in [1.54, 1.807) is 0 Å². The summed E-state index contributed by atoms with van der Waals surface area (Å²) in [5.74, 6) is 0.00490. The number of likely N-dealkylation sites (tertiary alicyclic amines) is 2. The number of fused-ring (bicyclic) bond motifs is 2. The van der Waals surface area contributed by atoms with E-state index in [-0.39, 0.29) is 30.9 Å². The molecule has 5 aromatic rings. The molecule has 9 nitrogen and oxygen atoms in total. The SMILES string of the molecule is C=CC(=O)N1CC2(CC(n3nc(-c4ccc5c(cnn5CCN5CC[C@H](F)C5)c4)c(-c4c(Cl)c(C)cc5[nH]ncc45)c3C)C2)C1.S.